The number of carbonyl (C=O) groups excluding carboxylic acids is 1. The number of piperidine rings is 1. The lowest BCUT2D eigenvalue weighted by atomic mass is 10.1. The second kappa shape index (κ2) is 6.85. The minimum absolute atomic E-state index is 0.0541. The highest BCUT2D eigenvalue weighted by atomic mass is 16.6. The van der Waals surface area contributed by atoms with Gasteiger partial charge in [0, 0.05) is 26.1 Å². The molecule has 3 aliphatic rings. The third kappa shape index (κ3) is 3.12. The van der Waals surface area contributed by atoms with E-state index < -0.39 is 6.09 Å². The van der Waals surface area contributed by atoms with Crippen LogP contribution in [0.15, 0.2) is 9.90 Å². The number of carbonyl (C=O) groups is 1. The largest absolute Gasteiger partial charge is 0.446 e. The van der Waals surface area contributed by atoms with Crippen LogP contribution in [0, 0.1) is 0 Å². The van der Waals surface area contributed by atoms with E-state index >= 15 is 0 Å². The van der Waals surface area contributed by atoms with Gasteiger partial charge in [0.2, 0.25) is 0 Å². The highest BCUT2D eigenvalue weighted by Gasteiger charge is 2.25. The summed E-state index contributed by atoms with van der Waals surface area (Å²) < 4.78 is 6.65. The number of aryl methyl sites for hydroxylation is 1. The molecule has 2 saturated heterocycles. The van der Waals surface area contributed by atoms with Crippen molar-refractivity contribution >= 4 is 18.1 Å². The van der Waals surface area contributed by atoms with Crippen molar-refractivity contribution in [1.29, 1.82) is 0 Å². The normalized spacial score (nSPS) is 20.9. The molecule has 1 amide bonds. The van der Waals surface area contributed by atoms with Crippen molar-refractivity contribution in [1.82, 2.24) is 14.6 Å². The Hall–Kier alpha value is -2.38. The van der Waals surface area contributed by atoms with Crippen LogP contribution in [0.5, 0.6) is 0 Å². The predicted octanol–water partition coefficient (Wildman–Crippen LogP) is 1.36. The molecule has 8 heteroatoms. The number of ether oxygens (including phenoxy) is 1. The van der Waals surface area contributed by atoms with Gasteiger partial charge in [-0.1, -0.05) is 0 Å². The van der Waals surface area contributed by atoms with Crippen LogP contribution in [-0.2, 0) is 17.7 Å². The predicted molar refractivity (Wildman–Crippen MR) is 93.1 cm³/mol. The Morgan fingerprint density at radius 1 is 1.00 bits per heavy atom. The maximum Gasteiger partial charge on any atom is 0.430 e. The van der Waals surface area contributed by atoms with Crippen LogP contribution in [0.1, 0.15) is 43.5 Å². The van der Waals surface area contributed by atoms with Gasteiger partial charge < -0.3 is 9.64 Å². The van der Waals surface area contributed by atoms with E-state index in [-0.39, 0.29) is 5.56 Å². The summed E-state index contributed by atoms with van der Waals surface area (Å²) in [6.45, 7) is 3.25. The number of aromatic nitrogens is 2. The van der Waals surface area contributed by atoms with E-state index in [1.165, 1.54) is 17.6 Å². The van der Waals surface area contributed by atoms with Crippen LogP contribution < -0.4 is 10.5 Å². The molecule has 8 nitrogen and oxygen atoms in total. The first-order chi connectivity index (χ1) is 12.2. The zero-order chi connectivity index (χ0) is 17.2. The zero-order valence-corrected chi connectivity index (χ0v) is 14.3. The summed E-state index contributed by atoms with van der Waals surface area (Å²) in [7, 11) is 0. The number of fused-ring (bicyclic) bond motifs is 1. The summed E-state index contributed by atoms with van der Waals surface area (Å²) in [5, 5.41) is 5.45. The maximum absolute atomic E-state index is 13.0. The van der Waals surface area contributed by atoms with Crippen LogP contribution in [0.25, 0.3) is 0 Å². The monoisotopic (exact) mass is 345 g/mol. The smallest absolute Gasteiger partial charge is 0.430 e. The second-order valence-corrected chi connectivity index (χ2v) is 6.71. The topological polar surface area (TPSA) is 80.0 Å². The van der Waals surface area contributed by atoms with Crippen molar-refractivity contribution in [3.8, 4) is 0 Å². The first-order valence-electron chi connectivity index (χ1n) is 9.11. The Kier molecular flexibility index (Phi) is 4.42. The minimum Gasteiger partial charge on any atom is -0.446 e. The second-order valence-electron chi connectivity index (χ2n) is 6.71. The first-order valence-corrected chi connectivity index (χ1v) is 9.11. The molecule has 25 heavy (non-hydrogen) atoms. The molecule has 0 atom stereocenters. The molecule has 0 saturated carbocycles. The van der Waals surface area contributed by atoms with E-state index in [0.29, 0.717) is 31.1 Å². The van der Waals surface area contributed by atoms with Gasteiger partial charge in [-0.15, -0.1) is 0 Å². The fourth-order valence-corrected chi connectivity index (χ4v) is 3.65. The Morgan fingerprint density at radius 2 is 1.80 bits per heavy atom. The fraction of sp³-hybridized carbons (Fsp3) is 0.647. The van der Waals surface area contributed by atoms with Gasteiger partial charge in [0.15, 0.2) is 0 Å². The van der Waals surface area contributed by atoms with Crippen LogP contribution in [0.4, 0.5) is 10.6 Å². The molecule has 0 bridgehead atoms. The molecule has 0 radical (unpaired) electrons. The lowest BCUT2D eigenvalue weighted by Crippen LogP contribution is -2.38. The van der Waals surface area contributed by atoms with E-state index in [9.17, 15) is 9.59 Å². The number of hydrogen-bond donors (Lipinski definition) is 0. The summed E-state index contributed by atoms with van der Waals surface area (Å²) in [4.78, 5) is 31.6. The summed E-state index contributed by atoms with van der Waals surface area (Å²) in [5.74, 6) is 1.59. The Balaban J connectivity index is 1.75. The molecule has 2 fully saturated rings. The molecule has 0 spiro atoms. The lowest BCUT2D eigenvalue weighted by molar-refractivity contribution is 0.159. The summed E-state index contributed by atoms with van der Waals surface area (Å²) >= 11 is 0. The molecule has 1 aromatic heterocycles. The van der Waals surface area contributed by atoms with Gasteiger partial charge in [-0.3, -0.25) is 9.36 Å². The van der Waals surface area contributed by atoms with Gasteiger partial charge in [0.05, 0.1) is 12.8 Å². The van der Waals surface area contributed by atoms with E-state index in [2.05, 4.69) is 10.0 Å². The summed E-state index contributed by atoms with van der Waals surface area (Å²) in [5.41, 5.74) is 0.425. The molecular weight excluding hydrogens is 322 g/mol. The first kappa shape index (κ1) is 16.1. The molecule has 134 valence electrons. The van der Waals surface area contributed by atoms with Gasteiger partial charge in [-0.2, -0.15) is 10.1 Å². The van der Waals surface area contributed by atoms with Crippen molar-refractivity contribution in [2.24, 2.45) is 5.10 Å². The van der Waals surface area contributed by atoms with Gasteiger partial charge >= 0.3 is 6.09 Å². The van der Waals surface area contributed by atoms with Gasteiger partial charge in [-0.25, -0.2) is 9.78 Å². The minimum atomic E-state index is -0.471. The summed E-state index contributed by atoms with van der Waals surface area (Å²) in [6.07, 6.45) is 7.35. The third-order valence-electron chi connectivity index (χ3n) is 5.02. The van der Waals surface area contributed by atoms with E-state index in [0.717, 1.165) is 51.0 Å². The zero-order valence-electron chi connectivity index (χ0n) is 14.3. The standard InChI is InChI=1S/C17H23N5O3/c23-16-13(12-18-22-10-11-25-17(22)24)15(20-7-3-1-4-8-20)19-14-6-2-5-9-21(14)16/h12H,1-11H2/b18-12+. The van der Waals surface area contributed by atoms with Crippen LogP contribution in [-0.4, -0.2) is 53.1 Å². The van der Waals surface area contributed by atoms with Gasteiger partial charge in [0.25, 0.3) is 5.56 Å². The third-order valence-corrected chi connectivity index (χ3v) is 5.02. The van der Waals surface area contributed by atoms with E-state index in [1.54, 1.807) is 4.57 Å². The molecular formula is C17H23N5O3. The van der Waals surface area contributed by atoms with Crippen LogP contribution >= 0.6 is 0 Å². The SMILES string of the molecule is O=C1OCCN1/N=C/c1c(N2CCCCC2)nc2n(c1=O)CCCC2. The van der Waals surface area contributed by atoms with Crippen molar-refractivity contribution in [3.63, 3.8) is 0 Å². The maximum atomic E-state index is 13.0. The molecule has 0 aromatic carbocycles. The van der Waals surface area contributed by atoms with E-state index in [4.69, 9.17) is 9.72 Å². The fourth-order valence-electron chi connectivity index (χ4n) is 3.65. The molecule has 0 aliphatic carbocycles. The van der Waals surface area contributed by atoms with Crippen molar-refractivity contribution in [3.05, 3.63) is 21.7 Å². The lowest BCUT2D eigenvalue weighted by Gasteiger charge is -2.30. The Bertz CT molecular complexity index is 751. The molecule has 3 aliphatic heterocycles. The average Bonchev–Trinajstić information content (AvgIpc) is 3.06. The summed E-state index contributed by atoms with van der Waals surface area (Å²) in [6, 6.07) is 0. The number of amides is 1. The van der Waals surface area contributed by atoms with Crippen LogP contribution in [0.3, 0.4) is 0 Å². The highest BCUT2D eigenvalue weighted by molar-refractivity contribution is 5.87. The number of rotatable bonds is 3. The Morgan fingerprint density at radius 3 is 2.56 bits per heavy atom. The van der Waals surface area contributed by atoms with Crippen LogP contribution in [0.2, 0.25) is 0 Å². The molecule has 4 heterocycles. The number of hydrazone groups is 1. The number of anilines is 1. The number of cyclic esters (lactones) is 1. The number of nitrogens with zero attached hydrogens (tertiary/aromatic N) is 5. The van der Waals surface area contributed by atoms with E-state index in [1.807, 2.05) is 0 Å². The highest BCUT2D eigenvalue weighted by Crippen LogP contribution is 2.22. The average molecular weight is 345 g/mol. The van der Waals surface area contributed by atoms with Gasteiger partial charge in [0.1, 0.15) is 23.8 Å². The molecule has 1 aromatic rings. The van der Waals surface area contributed by atoms with Crippen molar-refractivity contribution in [2.75, 3.05) is 31.1 Å². The molecule has 4 rings (SSSR count). The number of hydrogen-bond acceptors (Lipinski definition) is 6. The van der Waals surface area contributed by atoms with Gasteiger partial charge in [-0.05, 0) is 32.1 Å². The molecule has 0 unspecified atom stereocenters. The quantitative estimate of drug-likeness (QED) is 0.773. The van der Waals surface area contributed by atoms with Crippen molar-refractivity contribution in [2.45, 2.75) is 45.1 Å². The van der Waals surface area contributed by atoms with Crippen molar-refractivity contribution < 1.29 is 9.53 Å². The molecule has 0 N–H and O–H groups in total. The Labute approximate surface area is 146 Å².